The van der Waals surface area contributed by atoms with Gasteiger partial charge in [-0.15, -0.1) is 0 Å². The molecule has 1 aromatic rings. The molecule has 1 aromatic carbocycles. The Morgan fingerprint density at radius 2 is 1.32 bits per heavy atom. The second kappa shape index (κ2) is 12.9. The molecule has 0 aliphatic heterocycles. The van der Waals surface area contributed by atoms with Gasteiger partial charge in [-0.25, -0.2) is 0 Å². The van der Waals surface area contributed by atoms with E-state index in [1.165, 1.54) is 32.1 Å². The second-order valence-electron chi connectivity index (χ2n) is 9.54. The molecule has 0 aliphatic rings. The summed E-state index contributed by atoms with van der Waals surface area (Å²) < 4.78 is 4.96. The molecular weight excluding hydrogens is 348 g/mol. The Labute approximate surface area is 173 Å². The Bertz CT molecular complexity index is 530. The second-order valence-corrected chi connectivity index (χ2v) is 9.54. The summed E-state index contributed by atoms with van der Waals surface area (Å²) in [5.41, 5.74) is 2.03. The van der Waals surface area contributed by atoms with Gasteiger partial charge in [-0.05, 0) is 28.4 Å². The van der Waals surface area contributed by atoms with Gasteiger partial charge in [0.1, 0.15) is 5.75 Å². The van der Waals surface area contributed by atoms with Gasteiger partial charge >= 0.3 is 5.97 Å². The first kappa shape index (κ1) is 26.5. The van der Waals surface area contributed by atoms with Crippen molar-refractivity contribution in [3.05, 3.63) is 29.3 Å². The average Bonchev–Trinajstić information content (AvgIpc) is 2.59. The predicted octanol–water partition coefficient (Wildman–Crippen LogP) is 7.29. The number of phenols is 1. The summed E-state index contributed by atoms with van der Waals surface area (Å²) in [5, 5.41) is 10.3. The molecule has 3 nitrogen and oxygen atoms in total. The summed E-state index contributed by atoms with van der Waals surface area (Å²) in [6.45, 7) is 17.4. The zero-order chi connectivity index (χ0) is 21.8. The summed E-state index contributed by atoms with van der Waals surface area (Å²) in [4.78, 5) is 10.7. The third-order valence-corrected chi connectivity index (χ3v) is 4.70. The Balaban J connectivity index is 0.000000528. The van der Waals surface area contributed by atoms with Crippen LogP contribution in [0.1, 0.15) is 111 Å². The number of rotatable bonds is 8. The molecule has 0 amide bonds. The minimum absolute atomic E-state index is 0.00859. The molecule has 0 fully saturated rings. The first-order valence-electron chi connectivity index (χ1n) is 10.9. The SMILES string of the molecule is CC(C)(C)c1cccc(C(C)(C)C)c1O.CCCCCCCCOC(=O)CC. The fourth-order valence-electron chi connectivity index (χ4n) is 2.92. The fraction of sp³-hybridized carbons (Fsp3) is 0.720. The summed E-state index contributed by atoms with van der Waals surface area (Å²) >= 11 is 0. The highest BCUT2D eigenvalue weighted by molar-refractivity contribution is 5.68. The van der Waals surface area contributed by atoms with E-state index in [2.05, 4.69) is 48.5 Å². The van der Waals surface area contributed by atoms with E-state index in [4.69, 9.17) is 4.74 Å². The minimum atomic E-state index is -0.0754. The third kappa shape index (κ3) is 10.7. The van der Waals surface area contributed by atoms with Gasteiger partial charge in [0.15, 0.2) is 0 Å². The molecule has 0 aliphatic carbocycles. The molecule has 0 spiro atoms. The van der Waals surface area contributed by atoms with E-state index in [9.17, 15) is 9.90 Å². The highest BCUT2D eigenvalue weighted by Crippen LogP contribution is 2.38. The number of phenolic OH excluding ortho intramolecular Hbond substituents is 1. The van der Waals surface area contributed by atoms with E-state index < -0.39 is 0 Å². The maximum Gasteiger partial charge on any atom is 0.305 e. The lowest BCUT2D eigenvalue weighted by Gasteiger charge is -2.26. The van der Waals surface area contributed by atoms with Gasteiger partial charge in [-0.2, -0.15) is 0 Å². The van der Waals surface area contributed by atoms with Gasteiger partial charge in [0.25, 0.3) is 0 Å². The van der Waals surface area contributed by atoms with Crippen molar-refractivity contribution in [2.75, 3.05) is 6.61 Å². The molecule has 162 valence electrons. The number of unbranched alkanes of at least 4 members (excludes halogenated alkanes) is 5. The minimum Gasteiger partial charge on any atom is -0.507 e. The average molecular weight is 393 g/mol. The van der Waals surface area contributed by atoms with Crippen LogP contribution in [0.2, 0.25) is 0 Å². The highest BCUT2D eigenvalue weighted by Gasteiger charge is 2.24. The molecule has 0 aromatic heterocycles. The number of esters is 1. The standard InChI is InChI=1S/C14H22O.C11H22O2/c1-13(2,3)10-8-7-9-11(12(10)15)14(4,5)6;1-3-5-6-7-8-9-10-13-11(12)4-2/h7-9,15H,1-6H3;3-10H2,1-2H3. The van der Waals surface area contributed by atoms with E-state index in [0.717, 1.165) is 17.5 Å². The van der Waals surface area contributed by atoms with E-state index in [-0.39, 0.29) is 16.8 Å². The Morgan fingerprint density at radius 3 is 1.75 bits per heavy atom. The summed E-state index contributed by atoms with van der Waals surface area (Å²) in [7, 11) is 0. The number of para-hydroxylation sites is 1. The molecule has 28 heavy (non-hydrogen) atoms. The van der Waals surface area contributed by atoms with Crippen LogP contribution in [0.25, 0.3) is 0 Å². The van der Waals surface area contributed by atoms with Gasteiger partial charge in [0, 0.05) is 6.42 Å². The van der Waals surface area contributed by atoms with E-state index in [1.54, 1.807) is 0 Å². The zero-order valence-corrected chi connectivity index (χ0v) is 19.7. The largest absolute Gasteiger partial charge is 0.507 e. The number of ether oxygens (including phenoxy) is 1. The summed E-state index contributed by atoms with van der Waals surface area (Å²) in [6.07, 6.45) is 7.91. The van der Waals surface area contributed by atoms with Crippen LogP contribution in [0, 0.1) is 0 Å². The van der Waals surface area contributed by atoms with Gasteiger partial charge in [0.05, 0.1) is 6.61 Å². The lowest BCUT2D eigenvalue weighted by atomic mass is 9.80. The smallest absolute Gasteiger partial charge is 0.305 e. The van der Waals surface area contributed by atoms with Gasteiger partial charge in [-0.1, -0.05) is 106 Å². The van der Waals surface area contributed by atoms with Crippen LogP contribution < -0.4 is 0 Å². The van der Waals surface area contributed by atoms with Crippen molar-refractivity contribution < 1.29 is 14.6 Å². The molecule has 0 unspecified atom stereocenters. The predicted molar refractivity (Wildman–Crippen MR) is 120 cm³/mol. The van der Waals surface area contributed by atoms with Crippen molar-refractivity contribution in [3.8, 4) is 5.75 Å². The number of aromatic hydroxyl groups is 1. The zero-order valence-electron chi connectivity index (χ0n) is 19.7. The van der Waals surface area contributed by atoms with E-state index in [1.807, 2.05) is 25.1 Å². The number of hydrogen-bond acceptors (Lipinski definition) is 3. The Hall–Kier alpha value is -1.51. The van der Waals surface area contributed by atoms with Crippen LogP contribution in [0.15, 0.2) is 18.2 Å². The van der Waals surface area contributed by atoms with Crippen LogP contribution in [-0.2, 0) is 20.4 Å². The third-order valence-electron chi connectivity index (χ3n) is 4.70. The number of benzene rings is 1. The van der Waals surface area contributed by atoms with Gasteiger partial charge in [0.2, 0.25) is 0 Å². The fourth-order valence-corrected chi connectivity index (χ4v) is 2.92. The van der Waals surface area contributed by atoms with Crippen molar-refractivity contribution >= 4 is 5.97 Å². The summed E-state index contributed by atoms with van der Waals surface area (Å²) in [5.74, 6) is 0.381. The number of carbonyl (C=O) groups excluding carboxylic acids is 1. The lowest BCUT2D eigenvalue weighted by Crippen LogP contribution is -2.16. The van der Waals surface area contributed by atoms with Crippen molar-refractivity contribution in [2.45, 2.75) is 111 Å². The first-order chi connectivity index (χ1) is 12.9. The van der Waals surface area contributed by atoms with E-state index in [0.29, 0.717) is 18.8 Å². The normalized spacial score (nSPS) is 11.6. The molecule has 1 rings (SSSR count). The molecule has 0 radical (unpaired) electrons. The van der Waals surface area contributed by atoms with Crippen LogP contribution in [0.3, 0.4) is 0 Å². The molecule has 0 saturated heterocycles. The topological polar surface area (TPSA) is 46.5 Å². The van der Waals surface area contributed by atoms with Crippen molar-refractivity contribution in [3.63, 3.8) is 0 Å². The highest BCUT2D eigenvalue weighted by atomic mass is 16.5. The molecule has 0 atom stereocenters. The molecule has 0 saturated carbocycles. The molecule has 1 N–H and O–H groups in total. The van der Waals surface area contributed by atoms with Gasteiger partial charge < -0.3 is 9.84 Å². The summed E-state index contributed by atoms with van der Waals surface area (Å²) in [6, 6.07) is 6.04. The number of hydrogen-bond donors (Lipinski definition) is 1. The Morgan fingerprint density at radius 1 is 0.857 bits per heavy atom. The van der Waals surface area contributed by atoms with Crippen LogP contribution in [0.5, 0.6) is 5.75 Å². The van der Waals surface area contributed by atoms with Gasteiger partial charge in [-0.3, -0.25) is 4.79 Å². The Kier molecular flexibility index (Phi) is 12.2. The van der Waals surface area contributed by atoms with Crippen molar-refractivity contribution in [1.29, 1.82) is 0 Å². The van der Waals surface area contributed by atoms with Crippen LogP contribution in [-0.4, -0.2) is 17.7 Å². The molecule has 0 heterocycles. The van der Waals surface area contributed by atoms with Crippen molar-refractivity contribution in [2.24, 2.45) is 0 Å². The monoisotopic (exact) mass is 392 g/mol. The lowest BCUT2D eigenvalue weighted by molar-refractivity contribution is -0.143. The molecule has 0 bridgehead atoms. The molecule has 3 heteroatoms. The number of carbonyl (C=O) groups is 1. The maximum atomic E-state index is 10.7. The van der Waals surface area contributed by atoms with Crippen molar-refractivity contribution in [1.82, 2.24) is 0 Å². The quantitative estimate of drug-likeness (QED) is 0.373. The van der Waals surface area contributed by atoms with E-state index >= 15 is 0 Å². The first-order valence-corrected chi connectivity index (χ1v) is 10.9. The maximum absolute atomic E-state index is 10.7. The van der Waals surface area contributed by atoms with Crippen LogP contribution in [0.4, 0.5) is 0 Å². The molecular formula is C25H44O3. The van der Waals surface area contributed by atoms with Crippen LogP contribution >= 0.6 is 0 Å².